The fraction of sp³-hybridized carbons (Fsp3) is 0.375. The van der Waals surface area contributed by atoms with Gasteiger partial charge in [-0.25, -0.2) is 4.98 Å². The number of Topliss-reactive ketones (excluding diaryl/α,β-unsaturated/α-hetero) is 1. The highest BCUT2D eigenvalue weighted by molar-refractivity contribution is 7.16. The molecule has 2 aliphatic rings. The molecule has 4 rings (SSSR count). The number of rotatable bonds is 1. The van der Waals surface area contributed by atoms with Crippen molar-refractivity contribution in [3.63, 3.8) is 0 Å². The van der Waals surface area contributed by atoms with E-state index in [4.69, 9.17) is 0 Å². The lowest BCUT2D eigenvalue weighted by Crippen LogP contribution is -2.36. The molecule has 0 bridgehead atoms. The van der Waals surface area contributed by atoms with Crippen LogP contribution in [0, 0.1) is 0 Å². The average Bonchev–Trinajstić information content (AvgIpc) is 2.93. The number of ketones is 1. The Kier molecular flexibility index (Phi) is 2.96. The SMILES string of the molecule is CN1CCN(c2nc3c(s2)CCCC3=O)c2ccccc21. The lowest BCUT2D eigenvalue weighted by molar-refractivity contribution is 0.0968. The molecule has 0 radical (unpaired) electrons. The number of carbonyl (C=O) groups is 1. The number of hydrogen-bond donors (Lipinski definition) is 0. The smallest absolute Gasteiger partial charge is 0.190 e. The standard InChI is InChI=1S/C16H17N3OS/c1-18-9-10-19(12-6-3-2-5-11(12)18)16-17-15-13(20)7-4-8-14(15)21-16/h2-3,5-6H,4,7-10H2,1H3. The molecule has 1 aromatic carbocycles. The van der Waals surface area contributed by atoms with Gasteiger partial charge < -0.3 is 9.80 Å². The van der Waals surface area contributed by atoms with Crippen LogP contribution in [0.2, 0.25) is 0 Å². The maximum Gasteiger partial charge on any atom is 0.190 e. The average molecular weight is 299 g/mol. The number of thiazole rings is 1. The highest BCUT2D eigenvalue weighted by atomic mass is 32.1. The van der Waals surface area contributed by atoms with Crippen molar-refractivity contribution in [1.29, 1.82) is 0 Å². The van der Waals surface area contributed by atoms with Gasteiger partial charge >= 0.3 is 0 Å². The molecule has 0 atom stereocenters. The minimum Gasteiger partial charge on any atom is -0.371 e. The van der Waals surface area contributed by atoms with E-state index in [9.17, 15) is 4.79 Å². The summed E-state index contributed by atoms with van der Waals surface area (Å²) in [5, 5.41) is 0.968. The van der Waals surface area contributed by atoms with Gasteiger partial charge in [-0.05, 0) is 25.0 Å². The highest BCUT2D eigenvalue weighted by Crippen LogP contribution is 2.40. The third-order valence-electron chi connectivity index (χ3n) is 4.23. The largest absolute Gasteiger partial charge is 0.371 e. The maximum absolute atomic E-state index is 12.0. The van der Waals surface area contributed by atoms with Gasteiger partial charge in [0, 0.05) is 31.4 Å². The topological polar surface area (TPSA) is 36.4 Å². The summed E-state index contributed by atoms with van der Waals surface area (Å²) >= 11 is 1.69. The van der Waals surface area contributed by atoms with E-state index in [1.54, 1.807) is 11.3 Å². The molecule has 2 heterocycles. The van der Waals surface area contributed by atoms with Gasteiger partial charge in [-0.2, -0.15) is 0 Å². The van der Waals surface area contributed by atoms with Crippen LogP contribution in [0.5, 0.6) is 0 Å². The van der Waals surface area contributed by atoms with Crippen LogP contribution in [0.25, 0.3) is 0 Å². The summed E-state index contributed by atoms with van der Waals surface area (Å²) in [6, 6.07) is 8.40. The first-order valence-electron chi connectivity index (χ1n) is 7.34. The van der Waals surface area contributed by atoms with Crippen molar-refractivity contribution >= 4 is 33.6 Å². The molecule has 0 unspecified atom stereocenters. The van der Waals surface area contributed by atoms with Crippen LogP contribution in [0.1, 0.15) is 28.2 Å². The summed E-state index contributed by atoms with van der Waals surface area (Å²) in [5.41, 5.74) is 3.13. The number of aryl methyl sites for hydroxylation is 1. The van der Waals surface area contributed by atoms with Crippen LogP contribution < -0.4 is 9.80 Å². The van der Waals surface area contributed by atoms with Crippen LogP contribution in [0.15, 0.2) is 24.3 Å². The van der Waals surface area contributed by atoms with Gasteiger partial charge in [0.25, 0.3) is 0 Å². The molecule has 108 valence electrons. The zero-order chi connectivity index (χ0) is 14.4. The number of benzene rings is 1. The molecule has 1 aliphatic heterocycles. The van der Waals surface area contributed by atoms with Gasteiger partial charge in [-0.15, -0.1) is 11.3 Å². The molecule has 0 fully saturated rings. The van der Waals surface area contributed by atoms with E-state index >= 15 is 0 Å². The molecule has 21 heavy (non-hydrogen) atoms. The third-order valence-corrected chi connectivity index (χ3v) is 5.37. The van der Waals surface area contributed by atoms with Gasteiger partial charge in [-0.1, -0.05) is 12.1 Å². The summed E-state index contributed by atoms with van der Waals surface area (Å²) in [5.74, 6) is 0.209. The molecular formula is C16H17N3OS. The normalized spacial score (nSPS) is 17.7. The number of likely N-dealkylation sites (N-methyl/N-ethyl adjacent to an activating group) is 1. The van der Waals surface area contributed by atoms with Crippen molar-refractivity contribution in [1.82, 2.24) is 4.98 Å². The minimum absolute atomic E-state index is 0.209. The molecule has 4 nitrogen and oxygen atoms in total. The van der Waals surface area contributed by atoms with E-state index in [-0.39, 0.29) is 5.78 Å². The number of aromatic nitrogens is 1. The number of nitrogens with zero attached hydrogens (tertiary/aromatic N) is 3. The van der Waals surface area contributed by atoms with Crippen molar-refractivity contribution in [3.05, 3.63) is 34.8 Å². The van der Waals surface area contributed by atoms with E-state index in [0.29, 0.717) is 6.42 Å². The Balaban J connectivity index is 1.78. The van der Waals surface area contributed by atoms with Gasteiger partial charge in [0.05, 0.1) is 11.4 Å². The molecule has 0 spiro atoms. The zero-order valence-electron chi connectivity index (χ0n) is 12.0. The van der Waals surface area contributed by atoms with Crippen LogP contribution in [-0.4, -0.2) is 30.9 Å². The molecule has 2 aromatic rings. The van der Waals surface area contributed by atoms with Crippen molar-refractivity contribution in [2.45, 2.75) is 19.3 Å². The fourth-order valence-electron chi connectivity index (χ4n) is 3.07. The first-order chi connectivity index (χ1) is 10.2. The molecule has 0 saturated heterocycles. The second-order valence-corrected chi connectivity index (χ2v) is 6.67. The number of carbonyl (C=O) groups excluding carboxylic acids is 1. The van der Waals surface area contributed by atoms with Crippen molar-refractivity contribution < 1.29 is 4.79 Å². The number of anilines is 3. The van der Waals surface area contributed by atoms with Crippen LogP contribution in [-0.2, 0) is 6.42 Å². The highest BCUT2D eigenvalue weighted by Gasteiger charge is 2.27. The second kappa shape index (κ2) is 4.84. The predicted octanol–water partition coefficient (Wildman–Crippen LogP) is 3.25. The first kappa shape index (κ1) is 12.8. The van der Waals surface area contributed by atoms with Gasteiger partial charge in [0.2, 0.25) is 0 Å². The lowest BCUT2D eigenvalue weighted by atomic mass is 10.0. The van der Waals surface area contributed by atoms with E-state index in [1.807, 2.05) is 0 Å². The molecule has 5 heteroatoms. The summed E-state index contributed by atoms with van der Waals surface area (Å²) in [4.78, 5) is 22.3. The predicted molar refractivity (Wildman–Crippen MR) is 86.1 cm³/mol. The fourth-order valence-corrected chi connectivity index (χ4v) is 4.23. The summed E-state index contributed by atoms with van der Waals surface area (Å²) in [6.45, 7) is 1.88. The maximum atomic E-state index is 12.0. The first-order valence-corrected chi connectivity index (χ1v) is 8.16. The number of hydrogen-bond acceptors (Lipinski definition) is 5. The number of para-hydroxylation sites is 2. The monoisotopic (exact) mass is 299 g/mol. The Labute approximate surface area is 128 Å². The Morgan fingerprint density at radius 2 is 1.95 bits per heavy atom. The van der Waals surface area contributed by atoms with Crippen molar-refractivity contribution in [2.24, 2.45) is 0 Å². The molecule has 1 aliphatic carbocycles. The molecule has 1 aromatic heterocycles. The van der Waals surface area contributed by atoms with E-state index in [2.05, 4.69) is 46.1 Å². The summed E-state index contributed by atoms with van der Waals surface area (Å²) in [7, 11) is 2.12. The second-order valence-electron chi connectivity index (χ2n) is 5.61. The minimum atomic E-state index is 0.209. The summed E-state index contributed by atoms with van der Waals surface area (Å²) < 4.78 is 0. The van der Waals surface area contributed by atoms with Crippen LogP contribution in [0.4, 0.5) is 16.5 Å². The quantitative estimate of drug-likeness (QED) is 0.810. The van der Waals surface area contributed by atoms with Gasteiger partial charge in [-0.3, -0.25) is 4.79 Å². The Morgan fingerprint density at radius 1 is 1.14 bits per heavy atom. The van der Waals surface area contributed by atoms with Crippen molar-refractivity contribution in [3.8, 4) is 0 Å². The van der Waals surface area contributed by atoms with Gasteiger partial charge in [0.1, 0.15) is 5.69 Å². The Morgan fingerprint density at radius 3 is 2.76 bits per heavy atom. The molecule has 0 saturated carbocycles. The molecule has 0 N–H and O–H groups in total. The Hall–Kier alpha value is -1.88. The van der Waals surface area contributed by atoms with Gasteiger partial charge in [0.15, 0.2) is 10.9 Å². The lowest BCUT2D eigenvalue weighted by Gasteiger charge is -2.35. The van der Waals surface area contributed by atoms with Crippen molar-refractivity contribution in [2.75, 3.05) is 29.9 Å². The van der Waals surface area contributed by atoms with E-state index < -0.39 is 0 Å². The van der Waals surface area contributed by atoms with E-state index in [0.717, 1.165) is 41.6 Å². The van der Waals surface area contributed by atoms with Crippen LogP contribution in [0.3, 0.4) is 0 Å². The van der Waals surface area contributed by atoms with Crippen LogP contribution >= 0.6 is 11.3 Å². The third kappa shape index (κ3) is 2.03. The zero-order valence-corrected chi connectivity index (χ0v) is 12.8. The molecular weight excluding hydrogens is 282 g/mol. The molecule has 0 amide bonds. The summed E-state index contributed by atoms with van der Waals surface area (Å²) in [6.07, 6.45) is 2.61. The number of fused-ring (bicyclic) bond motifs is 2. The Bertz CT molecular complexity index is 709. The van der Waals surface area contributed by atoms with E-state index in [1.165, 1.54) is 11.4 Å².